The van der Waals surface area contributed by atoms with E-state index in [0.29, 0.717) is 17.7 Å². The minimum absolute atomic E-state index is 0.0155. The maximum absolute atomic E-state index is 14.2. The van der Waals surface area contributed by atoms with Crippen LogP contribution in [0, 0.1) is 46.8 Å². The van der Waals surface area contributed by atoms with Crippen molar-refractivity contribution in [2.24, 2.45) is 17.8 Å². The zero-order valence-corrected chi connectivity index (χ0v) is 21.2. The molecule has 0 spiro atoms. The van der Waals surface area contributed by atoms with Gasteiger partial charge in [0.05, 0.1) is 12.0 Å². The van der Waals surface area contributed by atoms with E-state index >= 15 is 0 Å². The van der Waals surface area contributed by atoms with E-state index in [0.717, 1.165) is 25.7 Å². The van der Waals surface area contributed by atoms with Gasteiger partial charge in [-0.25, -0.2) is 30.4 Å². The van der Waals surface area contributed by atoms with Gasteiger partial charge >= 0.3 is 5.97 Å². The smallest absolute Gasteiger partial charge is 0.317 e. The van der Waals surface area contributed by atoms with Crippen molar-refractivity contribution in [2.45, 2.75) is 49.0 Å². The molecule has 0 radical (unpaired) electrons. The Bertz CT molecular complexity index is 1460. The summed E-state index contributed by atoms with van der Waals surface area (Å²) >= 11 is 0. The Morgan fingerprint density at radius 2 is 1.64 bits per heavy atom. The summed E-state index contributed by atoms with van der Waals surface area (Å²) in [5.41, 5.74) is 0.228. The van der Waals surface area contributed by atoms with Crippen LogP contribution in [0.4, 0.5) is 27.6 Å². The molecule has 208 valence electrons. The fourth-order valence-corrected chi connectivity index (χ4v) is 6.62. The van der Waals surface area contributed by atoms with E-state index in [9.17, 15) is 40.3 Å². The fourth-order valence-electron chi connectivity index (χ4n) is 5.43. The first-order valence-electron chi connectivity index (χ1n) is 12.4. The van der Waals surface area contributed by atoms with Gasteiger partial charge in [0, 0.05) is 17.5 Å². The molecule has 4 unspecified atom stereocenters. The predicted molar refractivity (Wildman–Crippen MR) is 129 cm³/mol. The van der Waals surface area contributed by atoms with Crippen molar-refractivity contribution in [3.8, 4) is 0 Å². The van der Waals surface area contributed by atoms with Gasteiger partial charge in [0.25, 0.3) is 10.0 Å². The van der Waals surface area contributed by atoms with Gasteiger partial charge in [0.15, 0.2) is 28.2 Å². The molecule has 2 aliphatic carbocycles. The van der Waals surface area contributed by atoms with E-state index in [2.05, 4.69) is 0 Å². The molecule has 2 aromatic rings. The summed E-state index contributed by atoms with van der Waals surface area (Å²) in [6.45, 7) is 0. The van der Waals surface area contributed by atoms with Crippen LogP contribution in [0.25, 0.3) is 0 Å². The number of rotatable bonds is 6. The van der Waals surface area contributed by atoms with Gasteiger partial charge in [0.2, 0.25) is 5.82 Å². The van der Waals surface area contributed by atoms with E-state index < -0.39 is 73.8 Å². The Labute approximate surface area is 221 Å². The molecule has 2 aromatic carbocycles. The summed E-state index contributed by atoms with van der Waals surface area (Å²) < 4.78 is 102. The number of aliphatic hydroxyl groups is 1. The lowest BCUT2D eigenvalue weighted by molar-refractivity contribution is -0.160. The number of esters is 1. The van der Waals surface area contributed by atoms with Crippen molar-refractivity contribution in [1.82, 2.24) is 0 Å². The summed E-state index contributed by atoms with van der Waals surface area (Å²) in [5.74, 6) is -14.4. The predicted octanol–water partition coefficient (Wildman–Crippen LogP) is 5.45. The van der Waals surface area contributed by atoms with Gasteiger partial charge in [-0.05, 0) is 61.8 Å². The van der Waals surface area contributed by atoms with Crippen molar-refractivity contribution in [3.05, 3.63) is 82.9 Å². The van der Waals surface area contributed by atoms with Gasteiger partial charge in [-0.1, -0.05) is 24.3 Å². The number of carbonyl (C=O) groups excluding carboxylic acids is 1. The highest BCUT2D eigenvalue weighted by Gasteiger charge is 2.50. The lowest BCUT2D eigenvalue weighted by Gasteiger charge is -2.39. The molecular formula is C27H24F5NO5S. The molecule has 5 rings (SSSR count). The van der Waals surface area contributed by atoms with E-state index in [-0.39, 0.29) is 11.6 Å². The highest BCUT2D eigenvalue weighted by atomic mass is 32.2. The first-order chi connectivity index (χ1) is 18.5. The van der Waals surface area contributed by atoms with Gasteiger partial charge in [-0.3, -0.25) is 9.52 Å². The van der Waals surface area contributed by atoms with Crippen LogP contribution in [0.15, 0.2) is 53.1 Å². The maximum Gasteiger partial charge on any atom is 0.317 e. The number of hydrogen-bond donors (Lipinski definition) is 2. The Balaban J connectivity index is 1.48. The van der Waals surface area contributed by atoms with Crippen LogP contribution in [0.1, 0.15) is 43.6 Å². The average molecular weight is 570 g/mol. The summed E-state index contributed by atoms with van der Waals surface area (Å²) in [7, 11) is -5.25. The number of allylic oxidation sites excluding steroid dienone is 3. The van der Waals surface area contributed by atoms with E-state index in [4.69, 9.17) is 4.74 Å². The van der Waals surface area contributed by atoms with E-state index in [1.54, 1.807) is 18.2 Å². The largest absolute Gasteiger partial charge is 0.430 e. The second kappa shape index (κ2) is 10.4. The Morgan fingerprint density at radius 3 is 2.31 bits per heavy atom. The summed E-state index contributed by atoms with van der Waals surface area (Å²) in [4.78, 5) is 11.1. The van der Waals surface area contributed by atoms with Crippen LogP contribution in [-0.4, -0.2) is 25.6 Å². The van der Waals surface area contributed by atoms with Crippen molar-refractivity contribution >= 4 is 21.7 Å². The molecule has 0 amide bonds. The molecule has 3 aliphatic rings. The molecule has 12 heteroatoms. The minimum Gasteiger partial charge on any atom is -0.430 e. The van der Waals surface area contributed by atoms with Crippen LogP contribution >= 0.6 is 0 Å². The Morgan fingerprint density at radius 1 is 0.974 bits per heavy atom. The van der Waals surface area contributed by atoms with Gasteiger partial charge in [-0.2, -0.15) is 0 Å². The van der Waals surface area contributed by atoms with Crippen molar-refractivity contribution < 1.29 is 45.0 Å². The first-order valence-corrected chi connectivity index (χ1v) is 13.9. The van der Waals surface area contributed by atoms with Crippen molar-refractivity contribution in [1.29, 1.82) is 0 Å². The highest BCUT2D eigenvalue weighted by molar-refractivity contribution is 7.92. The number of anilines is 1. The van der Waals surface area contributed by atoms with Gasteiger partial charge < -0.3 is 9.84 Å². The lowest BCUT2D eigenvalue weighted by atomic mass is 9.72. The number of halogens is 5. The molecule has 6 nitrogen and oxygen atoms in total. The molecule has 0 bridgehead atoms. The van der Waals surface area contributed by atoms with Crippen molar-refractivity contribution in [2.75, 3.05) is 4.72 Å². The second-order valence-electron chi connectivity index (χ2n) is 9.97. The van der Waals surface area contributed by atoms with E-state index in [1.807, 2.05) is 10.8 Å². The molecule has 2 N–H and O–H groups in total. The monoisotopic (exact) mass is 569 g/mol. The SMILES string of the molecule is O=C1OC2=CC=CCCCC2C(O)C1C(c1cccc(NS(=O)(=O)c2c(F)c(F)c(F)c(F)c2F)c1)C1CC1. The molecule has 0 aromatic heterocycles. The summed E-state index contributed by atoms with van der Waals surface area (Å²) in [5, 5.41) is 11.3. The molecule has 1 saturated heterocycles. The van der Waals surface area contributed by atoms with Gasteiger partial charge in [-0.15, -0.1) is 0 Å². The van der Waals surface area contributed by atoms with Crippen LogP contribution in [0.2, 0.25) is 0 Å². The maximum atomic E-state index is 14.2. The molecule has 1 saturated carbocycles. The quantitative estimate of drug-likeness (QED) is 0.209. The van der Waals surface area contributed by atoms with Crippen LogP contribution < -0.4 is 4.72 Å². The van der Waals surface area contributed by atoms with E-state index in [1.165, 1.54) is 18.2 Å². The Kier molecular flexibility index (Phi) is 7.27. The van der Waals surface area contributed by atoms with Crippen LogP contribution in [-0.2, 0) is 19.6 Å². The standard InChI is InChI=1S/C27H24F5NO5S/c28-20-21(29)23(31)26(24(32)22(20)30)39(36,37)33-15-7-5-6-14(12-15)18(13-10-11-13)19-25(34)16-8-3-1-2-4-9-17(16)38-27(19)35/h2,4-7,9,12-13,16,18-19,25,33-34H,1,3,8,10-11H2. The number of ether oxygens (including phenoxy) is 1. The average Bonchev–Trinajstić information content (AvgIpc) is 3.70. The number of fused-ring (bicyclic) bond motifs is 1. The molecule has 4 atom stereocenters. The zero-order valence-electron chi connectivity index (χ0n) is 20.3. The minimum atomic E-state index is -5.25. The fraction of sp³-hybridized carbons (Fsp3) is 0.370. The normalized spacial score (nSPS) is 24.2. The molecule has 1 aliphatic heterocycles. The van der Waals surface area contributed by atoms with Crippen LogP contribution in [0.5, 0.6) is 0 Å². The highest BCUT2D eigenvalue weighted by Crippen LogP contribution is 2.51. The summed E-state index contributed by atoms with van der Waals surface area (Å²) in [6.07, 6.45) is 8.01. The number of nitrogens with one attached hydrogen (secondary N) is 1. The van der Waals surface area contributed by atoms with Gasteiger partial charge in [0.1, 0.15) is 5.76 Å². The third-order valence-corrected chi connectivity index (χ3v) is 8.80. The molecular weight excluding hydrogens is 545 g/mol. The molecule has 1 heterocycles. The number of carbonyl (C=O) groups is 1. The third-order valence-electron chi connectivity index (χ3n) is 7.40. The zero-order chi connectivity index (χ0) is 28.1. The molecule has 39 heavy (non-hydrogen) atoms. The second-order valence-corrected chi connectivity index (χ2v) is 11.6. The first kappa shape index (κ1) is 27.3. The number of benzene rings is 2. The molecule has 2 fully saturated rings. The number of sulfonamides is 1. The number of aliphatic hydroxyl groups excluding tert-OH is 1. The van der Waals surface area contributed by atoms with Crippen molar-refractivity contribution in [3.63, 3.8) is 0 Å². The topological polar surface area (TPSA) is 92.7 Å². The summed E-state index contributed by atoms with van der Waals surface area (Å²) in [6, 6.07) is 5.59. The third kappa shape index (κ3) is 5.07. The number of hydrogen-bond acceptors (Lipinski definition) is 5. The van der Waals surface area contributed by atoms with Crippen LogP contribution in [0.3, 0.4) is 0 Å². The Hall–Kier alpha value is -3.25. The lowest BCUT2D eigenvalue weighted by Crippen LogP contribution is -2.45.